The molecule has 1 saturated carbocycles. The molecule has 0 aromatic heterocycles. The van der Waals surface area contributed by atoms with Crippen LogP contribution in [0.15, 0.2) is 60.7 Å². The van der Waals surface area contributed by atoms with Crippen LogP contribution in [-0.4, -0.2) is 50.1 Å². The molecule has 1 aliphatic heterocycles. The maximum Gasteiger partial charge on any atom is 0.223 e. The van der Waals surface area contributed by atoms with E-state index in [9.17, 15) is 4.79 Å². The van der Waals surface area contributed by atoms with Gasteiger partial charge in [-0.15, -0.1) is 0 Å². The molecule has 0 atom stereocenters. The second-order valence-corrected chi connectivity index (χ2v) is 11.0. The maximum atomic E-state index is 13.3. The summed E-state index contributed by atoms with van der Waals surface area (Å²) in [6, 6.07) is 21.0. The van der Waals surface area contributed by atoms with Gasteiger partial charge in [-0.05, 0) is 87.7 Å². The highest BCUT2D eigenvalue weighted by Crippen LogP contribution is 2.29. The summed E-state index contributed by atoms with van der Waals surface area (Å²) in [6.45, 7) is 6.38. The Labute approximate surface area is 219 Å². The molecule has 1 heterocycles. The molecule has 2 aromatic rings. The van der Waals surface area contributed by atoms with Crippen molar-refractivity contribution in [3.8, 4) is 0 Å². The average molecular weight is 490 g/mol. The van der Waals surface area contributed by atoms with Crippen LogP contribution in [0, 0.1) is 11.8 Å². The zero-order valence-electron chi connectivity index (χ0n) is 22.2. The number of nitrogens with one attached hydrogen (secondary N) is 2. The van der Waals surface area contributed by atoms with Gasteiger partial charge < -0.3 is 15.5 Å². The standard InChI is InChI=1S/C32H47N3O/c36-32(24-31(29-14-6-2-7-15-29)30-16-8-3-9-17-30)35-22-18-28(19-23-35)26-34-21-11-10-20-33-25-27-12-4-1-5-13-27/h2-3,6-9,14-17,27-28,31,33-34H,1,4-5,10-13,18-26H2. The first-order valence-electron chi connectivity index (χ1n) is 14.6. The van der Waals surface area contributed by atoms with E-state index in [4.69, 9.17) is 0 Å². The van der Waals surface area contributed by atoms with Crippen LogP contribution in [0.1, 0.15) is 81.3 Å². The summed E-state index contributed by atoms with van der Waals surface area (Å²) in [4.78, 5) is 15.4. The number of unbranched alkanes of at least 4 members (excludes halogenated alkanes) is 1. The molecule has 1 amide bonds. The van der Waals surface area contributed by atoms with E-state index in [2.05, 4.69) is 64.1 Å². The fourth-order valence-corrected chi connectivity index (χ4v) is 5.99. The van der Waals surface area contributed by atoms with Crippen LogP contribution < -0.4 is 10.6 Å². The molecular weight excluding hydrogens is 442 g/mol. The van der Waals surface area contributed by atoms with Gasteiger partial charge >= 0.3 is 0 Å². The number of rotatable bonds is 13. The summed E-state index contributed by atoms with van der Waals surface area (Å²) in [5.41, 5.74) is 2.45. The molecule has 0 radical (unpaired) electrons. The van der Waals surface area contributed by atoms with Gasteiger partial charge in [0.05, 0.1) is 0 Å². The third-order valence-corrected chi connectivity index (χ3v) is 8.30. The molecule has 0 bridgehead atoms. The number of carbonyl (C=O) groups is 1. The smallest absolute Gasteiger partial charge is 0.223 e. The number of nitrogens with zero attached hydrogens (tertiary/aromatic N) is 1. The molecule has 2 aliphatic rings. The Kier molecular flexibility index (Phi) is 11.3. The van der Waals surface area contributed by atoms with Crippen LogP contribution in [0.3, 0.4) is 0 Å². The number of piperidine rings is 1. The van der Waals surface area contributed by atoms with Crippen LogP contribution in [0.4, 0.5) is 0 Å². The molecule has 2 aromatic carbocycles. The number of benzene rings is 2. The lowest BCUT2D eigenvalue weighted by molar-refractivity contribution is -0.132. The van der Waals surface area contributed by atoms with Gasteiger partial charge in [0, 0.05) is 25.4 Å². The molecule has 4 heteroatoms. The molecule has 2 fully saturated rings. The van der Waals surface area contributed by atoms with Crippen molar-refractivity contribution in [2.45, 2.75) is 70.1 Å². The van der Waals surface area contributed by atoms with Crippen LogP contribution in [0.2, 0.25) is 0 Å². The summed E-state index contributed by atoms with van der Waals surface area (Å²) in [6.07, 6.45) is 12.5. The largest absolute Gasteiger partial charge is 0.343 e. The Bertz CT molecular complexity index is 818. The predicted octanol–water partition coefficient (Wildman–Crippen LogP) is 5.99. The molecule has 1 aliphatic carbocycles. The highest BCUT2D eigenvalue weighted by molar-refractivity contribution is 5.78. The lowest BCUT2D eigenvalue weighted by Crippen LogP contribution is -2.41. The van der Waals surface area contributed by atoms with Crippen LogP contribution in [-0.2, 0) is 4.79 Å². The van der Waals surface area contributed by atoms with E-state index in [1.54, 1.807) is 0 Å². The monoisotopic (exact) mass is 489 g/mol. The first kappa shape index (κ1) is 26.9. The summed E-state index contributed by atoms with van der Waals surface area (Å²) in [5, 5.41) is 7.36. The van der Waals surface area contributed by atoms with Crippen molar-refractivity contribution in [2.24, 2.45) is 11.8 Å². The van der Waals surface area contributed by atoms with Gasteiger partial charge in [0.2, 0.25) is 5.91 Å². The van der Waals surface area contributed by atoms with E-state index in [0.717, 1.165) is 51.5 Å². The first-order chi connectivity index (χ1) is 17.8. The van der Waals surface area contributed by atoms with Gasteiger partial charge in [-0.2, -0.15) is 0 Å². The Hall–Kier alpha value is -2.17. The Morgan fingerprint density at radius 2 is 1.22 bits per heavy atom. The van der Waals surface area contributed by atoms with Gasteiger partial charge in [0.15, 0.2) is 0 Å². The Morgan fingerprint density at radius 3 is 1.75 bits per heavy atom. The van der Waals surface area contributed by atoms with Crippen LogP contribution >= 0.6 is 0 Å². The van der Waals surface area contributed by atoms with E-state index in [0.29, 0.717) is 18.2 Å². The van der Waals surface area contributed by atoms with E-state index in [1.165, 1.54) is 62.6 Å². The summed E-state index contributed by atoms with van der Waals surface area (Å²) in [5.74, 6) is 2.03. The summed E-state index contributed by atoms with van der Waals surface area (Å²) < 4.78 is 0. The molecule has 1 saturated heterocycles. The molecule has 4 rings (SSSR count). The van der Waals surface area contributed by atoms with E-state index >= 15 is 0 Å². The molecular formula is C32H47N3O. The Balaban J connectivity index is 1.10. The molecule has 0 spiro atoms. The quantitative estimate of drug-likeness (QED) is 0.340. The van der Waals surface area contributed by atoms with Gasteiger partial charge in [-0.1, -0.05) is 79.9 Å². The van der Waals surface area contributed by atoms with E-state index in [-0.39, 0.29) is 5.92 Å². The second kappa shape index (κ2) is 15.2. The van der Waals surface area contributed by atoms with Crippen LogP contribution in [0.5, 0.6) is 0 Å². The Morgan fingerprint density at radius 1 is 0.722 bits per heavy atom. The molecule has 36 heavy (non-hydrogen) atoms. The van der Waals surface area contributed by atoms with Crippen molar-refractivity contribution in [1.82, 2.24) is 15.5 Å². The first-order valence-corrected chi connectivity index (χ1v) is 14.6. The van der Waals surface area contributed by atoms with Crippen molar-refractivity contribution >= 4 is 5.91 Å². The lowest BCUT2D eigenvalue weighted by Gasteiger charge is -2.33. The fraction of sp³-hybridized carbons (Fsp3) is 0.594. The van der Waals surface area contributed by atoms with Crippen molar-refractivity contribution in [1.29, 1.82) is 0 Å². The molecule has 0 unspecified atom stereocenters. The minimum absolute atomic E-state index is 0.122. The lowest BCUT2D eigenvalue weighted by atomic mass is 9.87. The normalized spacial score (nSPS) is 17.5. The summed E-state index contributed by atoms with van der Waals surface area (Å²) >= 11 is 0. The number of amides is 1. The van der Waals surface area contributed by atoms with Crippen molar-refractivity contribution < 1.29 is 4.79 Å². The van der Waals surface area contributed by atoms with E-state index in [1.807, 2.05) is 12.1 Å². The SMILES string of the molecule is O=C(CC(c1ccccc1)c1ccccc1)N1CCC(CNCCCCNCC2CCCCC2)CC1. The van der Waals surface area contributed by atoms with Gasteiger partial charge in [0.1, 0.15) is 0 Å². The molecule has 4 nitrogen and oxygen atoms in total. The molecule has 196 valence electrons. The fourth-order valence-electron chi connectivity index (χ4n) is 5.99. The highest BCUT2D eigenvalue weighted by Gasteiger charge is 2.26. The van der Waals surface area contributed by atoms with Crippen LogP contribution in [0.25, 0.3) is 0 Å². The topological polar surface area (TPSA) is 44.4 Å². The van der Waals surface area contributed by atoms with Gasteiger partial charge in [-0.3, -0.25) is 4.79 Å². The van der Waals surface area contributed by atoms with Crippen molar-refractivity contribution in [2.75, 3.05) is 39.3 Å². The number of carbonyl (C=O) groups excluding carboxylic acids is 1. The number of likely N-dealkylation sites (tertiary alicyclic amines) is 1. The third-order valence-electron chi connectivity index (χ3n) is 8.30. The predicted molar refractivity (Wildman–Crippen MR) is 150 cm³/mol. The van der Waals surface area contributed by atoms with Gasteiger partial charge in [-0.25, -0.2) is 0 Å². The zero-order chi connectivity index (χ0) is 24.8. The highest BCUT2D eigenvalue weighted by atomic mass is 16.2. The van der Waals surface area contributed by atoms with Crippen molar-refractivity contribution in [3.63, 3.8) is 0 Å². The summed E-state index contributed by atoms with van der Waals surface area (Å²) in [7, 11) is 0. The zero-order valence-corrected chi connectivity index (χ0v) is 22.2. The number of hydrogen-bond acceptors (Lipinski definition) is 3. The second-order valence-electron chi connectivity index (χ2n) is 11.0. The minimum atomic E-state index is 0.122. The van der Waals surface area contributed by atoms with E-state index < -0.39 is 0 Å². The number of hydrogen-bond donors (Lipinski definition) is 2. The van der Waals surface area contributed by atoms with Gasteiger partial charge in [0.25, 0.3) is 0 Å². The van der Waals surface area contributed by atoms with Crippen molar-refractivity contribution in [3.05, 3.63) is 71.8 Å². The minimum Gasteiger partial charge on any atom is -0.343 e. The third kappa shape index (κ3) is 8.74. The average Bonchev–Trinajstić information content (AvgIpc) is 2.95. The maximum absolute atomic E-state index is 13.3. The molecule has 2 N–H and O–H groups in total.